The van der Waals surface area contributed by atoms with Crippen LogP contribution in [-0.2, 0) is 19.6 Å². The Hall–Kier alpha value is -1.92. The van der Waals surface area contributed by atoms with Crippen LogP contribution in [0, 0.1) is 11.8 Å². The van der Waals surface area contributed by atoms with Gasteiger partial charge in [-0.1, -0.05) is 36.6 Å². The highest BCUT2D eigenvalue weighted by molar-refractivity contribution is 7.89. The molecular weight excluding hydrogens is 592 g/mol. The lowest BCUT2D eigenvalue weighted by Crippen LogP contribution is -2.57. The van der Waals surface area contributed by atoms with Gasteiger partial charge in [-0.2, -0.15) is 4.31 Å². The molecule has 10 nitrogen and oxygen atoms in total. The Balaban J connectivity index is 1.33. The van der Waals surface area contributed by atoms with E-state index in [1.807, 2.05) is 12.1 Å². The van der Waals surface area contributed by atoms with Crippen molar-refractivity contribution in [2.75, 3.05) is 39.1 Å². The van der Waals surface area contributed by atoms with Crippen LogP contribution >= 0.6 is 11.6 Å². The lowest BCUT2D eigenvalue weighted by Gasteiger charge is -2.41. The number of fused-ring (bicyclic) bond motifs is 2. The van der Waals surface area contributed by atoms with Crippen LogP contribution < -0.4 is 10.6 Å². The molecule has 3 heterocycles. The van der Waals surface area contributed by atoms with Crippen molar-refractivity contribution in [1.29, 1.82) is 0 Å². The Labute approximate surface area is 260 Å². The second-order valence-corrected chi connectivity index (χ2v) is 15.4. The van der Waals surface area contributed by atoms with E-state index in [0.717, 1.165) is 68.3 Å². The number of nitrogens with one attached hydrogen (secondary N) is 2. The van der Waals surface area contributed by atoms with Crippen LogP contribution in [0.5, 0.6) is 0 Å². The van der Waals surface area contributed by atoms with Crippen LogP contribution in [-0.4, -0.2) is 98.0 Å². The minimum atomic E-state index is -3.26. The summed E-state index contributed by atoms with van der Waals surface area (Å²) in [4.78, 5) is 27.7. The Kier molecular flexibility index (Phi) is 10.9. The van der Waals surface area contributed by atoms with Gasteiger partial charge >= 0.3 is 6.09 Å². The van der Waals surface area contributed by atoms with Crippen molar-refractivity contribution in [3.05, 3.63) is 34.9 Å². The second kappa shape index (κ2) is 14.5. The summed E-state index contributed by atoms with van der Waals surface area (Å²) in [5, 5.41) is 17.6. The Morgan fingerprint density at radius 1 is 1.09 bits per heavy atom. The van der Waals surface area contributed by atoms with Gasteiger partial charge in [-0.3, -0.25) is 9.69 Å². The van der Waals surface area contributed by atoms with Crippen molar-refractivity contribution in [1.82, 2.24) is 19.8 Å². The van der Waals surface area contributed by atoms with Gasteiger partial charge in [-0.05, 0) is 80.9 Å². The molecule has 3 N–H and O–H groups in total. The highest BCUT2D eigenvalue weighted by Gasteiger charge is 2.43. The third kappa shape index (κ3) is 7.84. The number of piperazine rings is 1. The van der Waals surface area contributed by atoms with Crippen LogP contribution in [0.25, 0.3) is 0 Å². The first-order valence-electron chi connectivity index (χ1n) is 16.0. The molecule has 12 heteroatoms. The number of likely N-dealkylation sites (N-methyl/N-ethyl adjacent to an activating group) is 1. The third-order valence-corrected chi connectivity index (χ3v) is 12.4. The molecule has 240 valence electrons. The van der Waals surface area contributed by atoms with Crippen LogP contribution in [0.15, 0.2) is 24.3 Å². The summed E-state index contributed by atoms with van der Waals surface area (Å²) >= 11 is 6.20. The summed E-state index contributed by atoms with van der Waals surface area (Å²) in [6.07, 6.45) is 7.32. The van der Waals surface area contributed by atoms with E-state index in [1.54, 1.807) is 16.4 Å². The van der Waals surface area contributed by atoms with Gasteiger partial charge in [-0.15, -0.1) is 0 Å². The molecule has 43 heavy (non-hydrogen) atoms. The van der Waals surface area contributed by atoms with Gasteiger partial charge < -0.3 is 20.5 Å². The number of halogens is 1. The molecular formula is C31H47ClN4O6S. The summed E-state index contributed by atoms with van der Waals surface area (Å²) in [6.45, 7) is 2.36. The average Bonchev–Trinajstić information content (AvgIpc) is 3.11. The molecule has 4 aliphatic rings. The van der Waals surface area contributed by atoms with Crippen molar-refractivity contribution in [2.24, 2.45) is 11.8 Å². The Bertz CT molecular complexity index is 1210. The van der Waals surface area contributed by atoms with Gasteiger partial charge in [0.05, 0.1) is 5.75 Å². The zero-order valence-corrected chi connectivity index (χ0v) is 26.7. The quantitative estimate of drug-likeness (QED) is 0.372. The highest BCUT2D eigenvalue weighted by Crippen LogP contribution is 2.38. The van der Waals surface area contributed by atoms with E-state index >= 15 is 0 Å². The number of carbonyl (C=O) groups excluding carboxylic acids is 1. The number of rotatable bonds is 9. The molecule has 1 saturated carbocycles. The maximum absolute atomic E-state index is 14.2. The molecule has 5 rings (SSSR count). The van der Waals surface area contributed by atoms with Crippen molar-refractivity contribution in [3.8, 4) is 0 Å². The van der Waals surface area contributed by atoms with Gasteiger partial charge in [-0.25, -0.2) is 13.2 Å². The molecule has 0 aromatic heterocycles. The van der Waals surface area contributed by atoms with E-state index in [2.05, 4.69) is 10.6 Å². The smallest absolute Gasteiger partial charge is 0.407 e. The predicted octanol–water partition coefficient (Wildman–Crippen LogP) is 4.05. The van der Waals surface area contributed by atoms with E-state index in [9.17, 15) is 23.1 Å². The fourth-order valence-electron chi connectivity index (χ4n) is 7.83. The number of amides is 2. The molecule has 1 unspecified atom stereocenters. The maximum Gasteiger partial charge on any atom is 0.407 e. The largest absolute Gasteiger partial charge is 0.465 e. The first-order valence-corrected chi connectivity index (χ1v) is 17.9. The standard InChI is InChI=1S/C31H47ClN4O6S/c1-35(31(38)39)29(28(23-14-16-42-17-15-23)22-8-11-24(32)12-9-22)30(37)34-27-7-3-2-5-21(27)10-13-26-19-33-25-6-4-18-43(40,41)36(26)20-25/h8-9,11-12,21,23,25-29,33H,2-7,10,13-20H2,1H3,(H,34,37)(H,38,39)/t21-,25-,26+,27+,28+,29+/m1/s1. The van der Waals surface area contributed by atoms with E-state index in [-0.39, 0.29) is 47.5 Å². The van der Waals surface area contributed by atoms with Crippen molar-refractivity contribution >= 4 is 33.6 Å². The monoisotopic (exact) mass is 638 g/mol. The molecule has 0 spiro atoms. The highest BCUT2D eigenvalue weighted by atomic mass is 35.5. The number of hydrogen-bond acceptors (Lipinski definition) is 6. The minimum Gasteiger partial charge on any atom is -0.465 e. The topological polar surface area (TPSA) is 128 Å². The second-order valence-electron chi connectivity index (χ2n) is 12.9. The fraction of sp³-hybridized carbons (Fsp3) is 0.742. The van der Waals surface area contributed by atoms with Gasteiger partial charge in [0.25, 0.3) is 0 Å². The first-order chi connectivity index (χ1) is 20.6. The lowest BCUT2D eigenvalue weighted by molar-refractivity contribution is -0.128. The molecule has 2 amide bonds. The molecule has 1 aliphatic carbocycles. The first kappa shape index (κ1) is 32.5. The number of sulfonamides is 1. The Morgan fingerprint density at radius 3 is 2.53 bits per heavy atom. The van der Waals surface area contributed by atoms with Crippen molar-refractivity contribution in [3.63, 3.8) is 0 Å². The molecule has 2 bridgehead atoms. The molecule has 1 aromatic carbocycles. The maximum atomic E-state index is 14.2. The normalized spacial score (nSPS) is 30.9. The number of hydrogen-bond donors (Lipinski definition) is 3. The summed E-state index contributed by atoms with van der Waals surface area (Å²) in [5.41, 5.74) is 0.895. The third-order valence-electron chi connectivity index (χ3n) is 10.2. The molecule has 3 saturated heterocycles. The molecule has 7 atom stereocenters. The molecule has 0 radical (unpaired) electrons. The summed E-state index contributed by atoms with van der Waals surface area (Å²) in [6, 6.07) is 6.55. The average molecular weight is 639 g/mol. The number of carboxylic acid groups (broad SMARTS) is 1. The van der Waals surface area contributed by atoms with Crippen molar-refractivity contribution in [2.45, 2.75) is 94.3 Å². The number of carbonyl (C=O) groups is 2. The molecule has 4 fully saturated rings. The fourth-order valence-corrected chi connectivity index (χ4v) is 9.77. The number of ether oxygens (including phenoxy) is 1. The van der Waals surface area contributed by atoms with Crippen molar-refractivity contribution < 1.29 is 27.9 Å². The molecule has 3 aliphatic heterocycles. The zero-order valence-electron chi connectivity index (χ0n) is 25.1. The number of nitrogens with zero attached hydrogens (tertiary/aromatic N) is 2. The summed E-state index contributed by atoms with van der Waals surface area (Å²) < 4.78 is 33.3. The summed E-state index contributed by atoms with van der Waals surface area (Å²) in [5.74, 6) is -0.125. The van der Waals surface area contributed by atoms with Gasteiger partial charge in [0.1, 0.15) is 6.04 Å². The lowest BCUT2D eigenvalue weighted by atomic mass is 9.75. The van der Waals surface area contributed by atoms with E-state index in [1.165, 1.54) is 7.05 Å². The van der Waals surface area contributed by atoms with Crippen LogP contribution in [0.2, 0.25) is 5.02 Å². The van der Waals surface area contributed by atoms with Gasteiger partial charge in [0.2, 0.25) is 15.9 Å². The van der Waals surface area contributed by atoms with Gasteiger partial charge in [0.15, 0.2) is 0 Å². The van der Waals surface area contributed by atoms with Crippen LogP contribution in [0.4, 0.5) is 4.79 Å². The van der Waals surface area contributed by atoms with Gasteiger partial charge in [0, 0.05) is 62.4 Å². The summed E-state index contributed by atoms with van der Waals surface area (Å²) in [7, 11) is -1.78. The predicted molar refractivity (Wildman–Crippen MR) is 166 cm³/mol. The minimum absolute atomic E-state index is 0.0767. The zero-order chi connectivity index (χ0) is 30.6. The van der Waals surface area contributed by atoms with E-state index in [4.69, 9.17) is 16.3 Å². The van der Waals surface area contributed by atoms with Crippen LogP contribution in [0.3, 0.4) is 0 Å². The molecule has 1 aromatic rings. The number of benzene rings is 1. The van der Waals surface area contributed by atoms with Crippen LogP contribution in [0.1, 0.15) is 75.7 Å². The Morgan fingerprint density at radius 2 is 1.81 bits per heavy atom. The SMILES string of the molecule is CN(C(=O)O)[C@H](C(=O)N[C@H]1CCCC[C@@H]1CC[C@H]1CN[C@@H]2CCCS(=O)(=O)N1C2)[C@@H](c1ccc(Cl)cc1)C1CCOCC1. The van der Waals surface area contributed by atoms with E-state index < -0.39 is 22.2 Å². The van der Waals surface area contributed by atoms with E-state index in [0.29, 0.717) is 37.7 Å².